The number of nitrogens with two attached hydrogens (primary N) is 1. The number of nitrogens with zero attached hydrogens (tertiary/aromatic N) is 1. The maximum atomic E-state index is 12.0. The molecule has 0 saturated heterocycles. The van der Waals surface area contributed by atoms with E-state index in [2.05, 4.69) is 4.72 Å². The van der Waals surface area contributed by atoms with Crippen LogP contribution in [0.15, 0.2) is 23.1 Å². The smallest absolute Gasteiger partial charge is 0.241 e. The normalized spacial score (nSPS) is 13.1. The first kappa shape index (κ1) is 13.6. The van der Waals surface area contributed by atoms with Crippen LogP contribution < -0.4 is 10.5 Å². The number of hydrogen-bond donors (Lipinski definition) is 2. The minimum atomic E-state index is -3.62. The number of aryl methyl sites for hydroxylation is 1. The van der Waals surface area contributed by atoms with Crippen LogP contribution in [0.25, 0.3) is 0 Å². The van der Waals surface area contributed by atoms with Crippen molar-refractivity contribution in [3.63, 3.8) is 0 Å². The largest absolute Gasteiger partial charge is 0.329 e. The van der Waals surface area contributed by atoms with Crippen LogP contribution in [0.5, 0.6) is 0 Å². The van der Waals surface area contributed by atoms with E-state index in [-0.39, 0.29) is 17.5 Å². The van der Waals surface area contributed by atoms with E-state index in [9.17, 15) is 8.42 Å². The Morgan fingerprint density at radius 3 is 2.71 bits per heavy atom. The summed E-state index contributed by atoms with van der Waals surface area (Å²) in [4.78, 5) is 0.122. The van der Waals surface area contributed by atoms with Gasteiger partial charge in [-0.05, 0) is 31.5 Å². The van der Waals surface area contributed by atoms with Gasteiger partial charge < -0.3 is 5.73 Å². The standard InChI is InChI=1S/C11H15N3O2S/c1-8-3-4-10(7-13)5-11(8)17(15,16)14-9(2)6-12/h3-5,9,14H,6,12H2,1-2H3. The third kappa shape index (κ3) is 3.27. The predicted octanol–water partition coefficient (Wildman–Crippen LogP) is 0.492. The molecule has 92 valence electrons. The van der Waals surface area contributed by atoms with E-state index in [0.717, 1.165) is 0 Å². The van der Waals surface area contributed by atoms with Gasteiger partial charge in [0.25, 0.3) is 0 Å². The Morgan fingerprint density at radius 2 is 2.18 bits per heavy atom. The summed E-state index contributed by atoms with van der Waals surface area (Å²) < 4.78 is 26.5. The molecular formula is C11H15N3O2S. The summed E-state index contributed by atoms with van der Waals surface area (Å²) >= 11 is 0. The van der Waals surface area contributed by atoms with Gasteiger partial charge in [0.1, 0.15) is 0 Å². The monoisotopic (exact) mass is 253 g/mol. The molecule has 6 heteroatoms. The maximum absolute atomic E-state index is 12.0. The van der Waals surface area contributed by atoms with Crippen LogP contribution in [0.2, 0.25) is 0 Å². The molecule has 0 aliphatic heterocycles. The van der Waals surface area contributed by atoms with Gasteiger partial charge in [0.2, 0.25) is 10.0 Å². The highest BCUT2D eigenvalue weighted by Gasteiger charge is 2.19. The van der Waals surface area contributed by atoms with Gasteiger partial charge in [-0.3, -0.25) is 0 Å². The van der Waals surface area contributed by atoms with Gasteiger partial charge in [-0.25, -0.2) is 13.1 Å². The Bertz CT molecular complexity index is 546. The fourth-order valence-electron chi connectivity index (χ4n) is 1.34. The van der Waals surface area contributed by atoms with Crippen molar-refractivity contribution in [1.82, 2.24) is 4.72 Å². The van der Waals surface area contributed by atoms with Gasteiger partial charge in [-0.2, -0.15) is 5.26 Å². The van der Waals surface area contributed by atoms with Crippen molar-refractivity contribution in [2.75, 3.05) is 6.54 Å². The number of nitrogens with one attached hydrogen (secondary N) is 1. The summed E-state index contributed by atoms with van der Waals surface area (Å²) in [7, 11) is -3.62. The van der Waals surface area contributed by atoms with Crippen molar-refractivity contribution in [3.8, 4) is 6.07 Å². The molecule has 1 rings (SSSR count). The highest BCUT2D eigenvalue weighted by Crippen LogP contribution is 2.16. The van der Waals surface area contributed by atoms with Gasteiger partial charge in [0, 0.05) is 12.6 Å². The lowest BCUT2D eigenvalue weighted by atomic mass is 10.2. The molecule has 0 radical (unpaired) electrons. The SMILES string of the molecule is Cc1ccc(C#N)cc1S(=O)(=O)NC(C)CN. The second-order valence-electron chi connectivity index (χ2n) is 3.85. The van der Waals surface area contributed by atoms with Gasteiger partial charge in [-0.15, -0.1) is 0 Å². The zero-order valence-electron chi connectivity index (χ0n) is 9.77. The Morgan fingerprint density at radius 1 is 1.53 bits per heavy atom. The molecule has 1 atom stereocenters. The van der Waals surface area contributed by atoms with Crippen LogP contribution in [-0.4, -0.2) is 21.0 Å². The Hall–Kier alpha value is -1.42. The molecule has 0 aromatic heterocycles. The lowest BCUT2D eigenvalue weighted by Crippen LogP contribution is -2.38. The zero-order valence-corrected chi connectivity index (χ0v) is 10.6. The fourth-order valence-corrected chi connectivity index (χ4v) is 2.86. The van der Waals surface area contributed by atoms with Crippen LogP contribution in [0.4, 0.5) is 0 Å². The molecule has 0 spiro atoms. The third-order valence-corrected chi connectivity index (χ3v) is 4.05. The highest BCUT2D eigenvalue weighted by molar-refractivity contribution is 7.89. The number of sulfonamides is 1. The molecule has 0 fully saturated rings. The minimum Gasteiger partial charge on any atom is -0.329 e. The lowest BCUT2D eigenvalue weighted by molar-refractivity contribution is 0.562. The number of hydrogen-bond acceptors (Lipinski definition) is 4. The zero-order chi connectivity index (χ0) is 13.1. The molecular weight excluding hydrogens is 238 g/mol. The Balaban J connectivity index is 3.19. The first-order valence-electron chi connectivity index (χ1n) is 5.14. The van der Waals surface area contributed by atoms with Gasteiger partial charge in [0.15, 0.2) is 0 Å². The minimum absolute atomic E-state index is 0.122. The van der Waals surface area contributed by atoms with Gasteiger partial charge in [0.05, 0.1) is 16.5 Å². The van der Waals surface area contributed by atoms with Crippen molar-refractivity contribution >= 4 is 10.0 Å². The second-order valence-corrected chi connectivity index (χ2v) is 5.53. The van der Waals surface area contributed by atoms with Gasteiger partial charge >= 0.3 is 0 Å². The van der Waals surface area contributed by atoms with E-state index in [1.165, 1.54) is 6.07 Å². The molecule has 1 aromatic rings. The number of rotatable bonds is 4. The fraction of sp³-hybridized carbons (Fsp3) is 0.364. The first-order chi connectivity index (χ1) is 7.90. The average Bonchev–Trinajstić information content (AvgIpc) is 2.28. The molecule has 0 amide bonds. The molecule has 0 bridgehead atoms. The summed E-state index contributed by atoms with van der Waals surface area (Å²) in [6, 6.07) is 6.13. The van der Waals surface area contributed by atoms with E-state index in [0.29, 0.717) is 11.1 Å². The summed E-state index contributed by atoms with van der Waals surface area (Å²) in [5.41, 5.74) is 6.29. The molecule has 3 N–H and O–H groups in total. The summed E-state index contributed by atoms with van der Waals surface area (Å²) in [6.45, 7) is 3.58. The number of benzene rings is 1. The van der Waals surface area contributed by atoms with Crippen molar-refractivity contribution in [2.24, 2.45) is 5.73 Å². The van der Waals surface area contributed by atoms with E-state index in [1.54, 1.807) is 26.0 Å². The van der Waals surface area contributed by atoms with Gasteiger partial charge in [-0.1, -0.05) is 6.07 Å². The molecule has 0 aliphatic rings. The predicted molar refractivity (Wildman–Crippen MR) is 64.7 cm³/mol. The first-order valence-corrected chi connectivity index (χ1v) is 6.62. The number of nitriles is 1. The van der Waals surface area contributed by atoms with Crippen LogP contribution >= 0.6 is 0 Å². The van der Waals surface area contributed by atoms with Crippen molar-refractivity contribution in [1.29, 1.82) is 5.26 Å². The highest BCUT2D eigenvalue weighted by atomic mass is 32.2. The molecule has 1 unspecified atom stereocenters. The van der Waals surface area contributed by atoms with E-state index in [1.807, 2.05) is 6.07 Å². The van der Waals surface area contributed by atoms with Crippen molar-refractivity contribution in [2.45, 2.75) is 24.8 Å². The van der Waals surface area contributed by atoms with Crippen LogP contribution in [0.1, 0.15) is 18.1 Å². The molecule has 0 aliphatic carbocycles. The van der Waals surface area contributed by atoms with E-state index in [4.69, 9.17) is 11.0 Å². The summed E-state index contributed by atoms with van der Waals surface area (Å²) in [5, 5.41) is 8.76. The molecule has 0 heterocycles. The summed E-state index contributed by atoms with van der Waals surface area (Å²) in [5.74, 6) is 0. The Labute approximate surface area is 101 Å². The van der Waals surface area contributed by atoms with E-state index < -0.39 is 10.0 Å². The molecule has 1 aromatic carbocycles. The van der Waals surface area contributed by atoms with Crippen molar-refractivity contribution in [3.05, 3.63) is 29.3 Å². The molecule has 0 saturated carbocycles. The van der Waals surface area contributed by atoms with Crippen LogP contribution in [0.3, 0.4) is 0 Å². The second kappa shape index (κ2) is 5.27. The topological polar surface area (TPSA) is 96.0 Å². The Kier molecular flexibility index (Phi) is 4.23. The lowest BCUT2D eigenvalue weighted by Gasteiger charge is -2.13. The van der Waals surface area contributed by atoms with Crippen LogP contribution in [0, 0.1) is 18.3 Å². The van der Waals surface area contributed by atoms with Crippen LogP contribution in [-0.2, 0) is 10.0 Å². The van der Waals surface area contributed by atoms with Crippen molar-refractivity contribution < 1.29 is 8.42 Å². The molecule has 17 heavy (non-hydrogen) atoms. The quantitative estimate of drug-likeness (QED) is 0.816. The average molecular weight is 253 g/mol. The molecule has 5 nitrogen and oxygen atoms in total. The summed E-state index contributed by atoms with van der Waals surface area (Å²) in [6.07, 6.45) is 0. The maximum Gasteiger partial charge on any atom is 0.241 e. The van der Waals surface area contributed by atoms with E-state index >= 15 is 0 Å². The third-order valence-electron chi connectivity index (χ3n) is 2.32.